The maximum absolute atomic E-state index is 13.9. The average Bonchev–Trinajstić information content (AvgIpc) is 3.13. The Kier molecular flexibility index (Phi) is 7.26. The lowest BCUT2D eigenvalue weighted by atomic mass is 10.0. The Balaban J connectivity index is 1.37. The topological polar surface area (TPSA) is 55.8 Å². The van der Waals surface area contributed by atoms with Crippen LogP contribution in [-0.2, 0) is 0 Å². The molecule has 1 aromatic heterocycles. The molecule has 27 heavy (non-hydrogen) atoms. The molecule has 0 bridgehead atoms. The van der Waals surface area contributed by atoms with Gasteiger partial charge in [0.15, 0.2) is 17.6 Å². The number of guanidine groups is 1. The highest BCUT2D eigenvalue weighted by Gasteiger charge is 2.25. The minimum Gasteiger partial charge on any atom is -0.356 e. The van der Waals surface area contributed by atoms with E-state index in [4.69, 9.17) is 0 Å². The van der Waals surface area contributed by atoms with E-state index in [1.54, 1.807) is 19.3 Å². The Labute approximate surface area is 162 Å². The number of likely N-dealkylation sites (tertiary alicyclic amines) is 1. The Morgan fingerprint density at radius 2 is 2.22 bits per heavy atom. The monoisotopic (exact) mass is 376 g/mol. The smallest absolute Gasteiger partial charge is 0.191 e. The van der Waals surface area contributed by atoms with Crippen LogP contribution in [0.25, 0.3) is 0 Å². The van der Waals surface area contributed by atoms with Crippen LogP contribution in [-0.4, -0.2) is 68.2 Å². The van der Waals surface area contributed by atoms with Crippen LogP contribution in [0.4, 0.5) is 10.2 Å². The summed E-state index contributed by atoms with van der Waals surface area (Å²) in [5.74, 6) is 1.85. The Hall–Kier alpha value is -1.89. The van der Waals surface area contributed by atoms with Gasteiger partial charge in [-0.15, -0.1) is 0 Å². The van der Waals surface area contributed by atoms with Crippen molar-refractivity contribution in [3.8, 4) is 0 Å². The summed E-state index contributed by atoms with van der Waals surface area (Å²) in [5.41, 5.74) is 0. The molecule has 2 N–H and O–H groups in total. The number of halogens is 1. The quantitative estimate of drug-likeness (QED) is 0.452. The standard InChI is InChI=1S/C20H33FN6/c1-16-6-4-11-26(14-16)12-5-10-24-20(22-2)25-17-8-13-27(15-17)19-18(21)7-3-9-23-19/h3,7,9,16-17H,4-6,8,10-15H2,1-2H3,(H2,22,24,25). The molecular formula is C20H33FN6. The van der Waals surface area contributed by atoms with Crippen molar-refractivity contribution in [3.05, 3.63) is 24.1 Å². The fourth-order valence-corrected chi connectivity index (χ4v) is 4.07. The van der Waals surface area contributed by atoms with E-state index in [1.165, 1.54) is 32.0 Å². The third-order valence-electron chi connectivity index (χ3n) is 5.48. The Morgan fingerprint density at radius 3 is 3.00 bits per heavy atom. The Bertz CT molecular complexity index is 622. The number of hydrogen-bond acceptors (Lipinski definition) is 4. The summed E-state index contributed by atoms with van der Waals surface area (Å²) >= 11 is 0. The molecule has 1 aromatic rings. The largest absolute Gasteiger partial charge is 0.356 e. The van der Waals surface area contributed by atoms with Gasteiger partial charge in [-0.05, 0) is 56.8 Å². The number of pyridine rings is 1. The van der Waals surface area contributed by atoms with Crippen LogP contribution < -0.4 is 15.5 Å². The molecule has 2 aliphatic rings. The predicted molar refractivity (Wildman–Crippen MR) is 109 cm³/mol. The van der Waals surface area contributed by atoms with Crippen LogP contribution in [0.5, 0.6) is 0 Å². The first-order valence-corrected chi connectivity index (χ1v) is 10.2. The van der Waals surface area contributed by atoms with Gasteiger partial charge in [-0.2, -0.15) is 0 Å². The molecule has 2 saturated heterocycles. The minimum absolute atomic E-state index is 0.251. The molecule has 2 fully saturated rings. The second-order valence-electron chi connectivity index (χ2n) is 7.79. The van der Waals surface area contributed by atoms with Gasteiger partial charge in [0, 0.05) is 45.5 Å². The number of hydrogen-bond donors (Lipinski definition) is 2. The molecule has 0 amide bonds. The third kappa shape index (κ3) is 5.79. The summed E-state index contributed by atoms with van der Waals surface area (Å²) in [6.45, 7) is 8.41. The number of aromatic nitrogens is 1. The van der Waals surface area contributed by atoms with Crippen LogP contribution in [0.1, 0.15) is 32.6 Å². The highest BCUT2D eigenvalue weighted by atomic mass is 19.1. The number of aliphatic imine (C=N–C) groups is 1. The summed E-state index contributed by atoms with van der Waals surface area (Å²) in [5, 5.41) is 6.88. The van der Waals surface area contributed by atoms with Crippen LogP contribution in [0.3, 0.4) is 0 Å². The first kappa shape index (κ1) is 19.9. The summed E-state index contributed by atoms with van der Waals surface area (Å²) in [6.07, 6.45) is 6.40. The summed E-state index contributed by atoms with van der Waals surface area (Å²) < 4.78 is 13.9. The van der Waals surface area contributed by atoms with Crippen molar-refractivity contribution < 1.29 is 4.39 Å². The zero-order valence-electron chi connectivity index (χ0n) is 16.6. The normalized spacial score (nSPS) is 24.3. The van der Waals surface area contributed by atoms with Gasteiger partial charge in [-0.1, -0.05) is 6.92 Å². The average molecular weight is 377 g/mol. The molecule has 0 aromatic carbocycles. The van der Waals surface area contributed by atoms with Crippen molar-refractivity contribution in [1.82, 2.24) is 20.5 Å². The fourth-order valence-electron chi connectivity index (χ4n) is 4.07. The van der Waals surface area contributed by atoms with Crippen molar-refractivity contribution >= 4 is 11.8 Å². The first-order valence-electron chi connectivity index (χ1n) is 10.2. The number of anilines is 1. The van der Waals surface area contributed by atoms with Crippen molar-refractivity contribution in [1.29, 1.82) is 0 Å². The maximum atomic E-state index is 13.9. The molecule has 7 heteroatoms. The van der Waals surface area contributed by atoms with E-state index in [2.05, 4.69) is 32.4 Å². The van der Waals surface area contributed by atoms with Crippen LogP contribution in [0.15, 0.2) is 23.3 Å². The number of piperidine rings is 1. The zero-order valence-corrected chi connectivity index (χ0v) is 16.6. The highest BCUT2D eigenvalue weighted by molar-refractivity contribution is 5.80. The van der Waals surface area contributed by atoms with Gasteiger partial charge in [0.25, 0.3) is 0 Å². The molecule has 0 aliphatic carbocycles. The number of nitrogens with one attached hydrogen (secondary N) is 2. The number of nitrogens with zero attached hydrogens (tertiary/aromatic N) is 4. The SMILES string of the molecule is CN=C(NCCCN1CCCC(C)C1)NC1CCN(c2ncccc2F)C1. The lowest BCUT2D eigenvalue weighted by Gasteiger charge is -2.30. The van der Waals surface area contributed by atoms with E-state index >= 15 is 0 Å². The van der Waals surface area contributed by atoms with Gasteiger partial charge < -0.3 is 20.4 Å². The van der Waals surface area contributed by atoms with Gasteiger partial charge in [0.1, 0.15) is 0 Å². The van der Waals surface area contributed by atoms with E-state index in [0.29, 0.717) is 5.82 Å². The Morgan fingerprint density at radius 1 is 1.33 bits per heavy atom. The van der Waals surface area contributed by atoms with E-state index < -0.39 is 0 Å². The molecule has 2 atom stereocenters. The molecular weight excluding hydrogens is 343 g/mol. The van der Waals surface area contributed by atoms with Crippen molar-refractivity contribution in [2.24, 2.45) is 10.9 Å². The summed E-state index contributed by atoms with van der Waals surface area (Å²) in [6, 6.07) is 3.34. The summed E-state index contributed by atoms with van der Waals surface area (Å²) in [4.78, 5) is 13.1. The molecule has 6 nitrogen and oxygen atoms in total. The molecule has 0 radical (unpaired) electrons. The minimum atomic E-state index is -0.257. The van der Waals surface area contributed by atoms with Crippen LogP contribution in [0.2, 0.25) is 0 Å². The molecule has 0 spiro atoms. The second-order valence-corrected chi connectivity index (χ2v) is 7.79. The van der Waals surface area contributed by atoms with Crippen molar-refractivity contribution in [2.45, 2.75) is 38.6 Å². The highest BCUT2D eigenvalue weighted by Crippen LogP contribution is 2.20. The van der Waals surface area contributed by atoms with Gasteiger partial charge in [0.05, 0.1) is 0 Å². The van der Waals surface area contributed by atoms with Gasteiger partial charge in [0.2, 0.25) is 0 Å². The van der Waals surface area contributed by atoms with Crippen molar-refractivity contribution in [3.63, 3.8) is 0 Å². The maximum Gasteiger partial charge on any atom is 0.191 e. The first-order chi connectivity index (χ1) is 13.2. The molecule has 2 unspecified atom stereocenters. The molecule has 3 rings (SSSR count). The van der Waals surface area contributed by atoms with E-state index in [0.717, 1.165) is 50.9 Å². The fraction of sp³-hybridized carbons (Fsp3) is 0.700. The molecule has 150 valence electrons. The molecule has 3 heterocycles. The van der Waals surface area contributed by atoms with E-state index in [-0.39, 0.29) is 11.9 Å². The van der Waals surface area contributed by atoms with E-state index in [9.17, 15) is 4.39 Å². The second kappa shape index (κ2) is 9.88. The predicted octanol–water partition coefficient (Wildman–Crippen LogP) is 2.09. The van der Waals surface area contributed by atoms with Gasteiger partial charge >= 0.3 is 0 Å². The van der Waals surface area contributed by atoms with Gasteiger partial charge in [-0.3, -0.25) is 4.99 Å². The molecule has 2 aliphatic heterocycles. The van der Waals surface area contributed by atoms with Crippen LogP contribution in [0, 0.1) is 11.7 Å². The molecule has 0 saturated carbocycles. The zero-order chi connectivity index (χ0) is 19.1. The third-order valence-corrected chi connectivity index (χ3v) is 5.48. The lowest BCUT2D eigenvalue weighted by Crippen LogP contribution is -2.45. The van der Waals surface area contributed by atoms with Gasteiger partial charge in [-0.25, -0.2) is 9.37 Å². The van der Waals surface area contributed by atoms with E-state index in [1.807, 2.05) is 4.90 Å². The summed E-state index contributed by atoms with van der Waals surface area (Å²) in [7, 11) is 1.80. The lowest BCUT2D eigenvalue weighted by molar-refractivity contribution is 0.182. The van der Waals surface area contributed by atoms with Crippen LogP contribution >= 0.6 is 0 Å². The number of rotatable bonds is 6. The van der Waals surface area contributed by atoms with Crippen molar-refractivity contribution in [2.75, 3.05) is 51.2 Å².